The number of hydrogen-bond acceptors (Lipinski definition) is 4. The van der Waals surface area contributed by atoms with Crippen LogP contribution in [0.1, 0.15) is 61.9 Å². The molecular weight excluding hydrogens is 436 g/mol. The molecule has 1 amide bonds. The monoisotopic (exact) mass is 466 g/mol. The number of aryl methyl sites for hydroxylation is 2. The molecule has 2 aromatic rings. The summed E-state index contributed by atoms with van der Waals surface area (Å²) in [5.74, 6) is 0. The minimum atomic E-state index is -0.423. The molecule has 1 fully saturated rings. The van der Waals surface area contributed by atoms with Crippen LogP contribution in [0.3, 0.4) is 0 Å². The van der Waals surface area contributed by atoms with Crippen molar-refractivity contribution in [2.24, 2.45) is 12.8 Å². The number of nitrogens with one attached hydrogen (secondary N) is 1. The largest absolute Gasteiger partial charge is 0.443 e. The van der Waals surface area contributed by atoms with Gasteiger partial charge in [0.2, 0.25) is 0 Å². The van der Waals surface area contributed by atoms with Gasteiger partial charge in [-0.2, -0.15) is 0 Å². The van der Waals surface area contributed by atoms with Crippen molar-refractivity contribution in [1.82, 2.24) is 14.9 Å². The number of rotatable bonds is 6. The summed E-state index contributed by atoms with van der Waals surface area (Å²) in [7, 11) is 1.93. The van der Waals surface area contributed by atoms with Gasteiger partial charge in [0.05, 0.1) is 24.3 Å². The second-order valence-electron chi connectivity index (χ2n) is 9.04. The van der Waals surface area contributed by atoms with Crippen LogP contribution in [0.25, 0.3) is 5.57 Å². The zero-order valence-corrected chi connectivity index (χ0v) is 19.9. The molecule has 1 atom stereocenters. The van der Waals surface area contributed by atoms with E-state index >= 15 is 0 Å². The van der Waals surface area contributed by atoms with E-state index in [1.54, 1.807) is 18.7 Å². The molecule has 174 valence electrons. The molecule has 4 rings (SSSR count). The molecule has 33 heavy (non-hydrogen) atoms. The Kier molecular flexibility index (Phi) is 6.94. The Balaban J connectivity index is 1.75. The standard InChI is InChI=1S/C26H31ClN4O2/c1-26(12-13-26)33-25(32)30-24(23-16-29-17-31(23)2)21-11-7-18(5-3-4-14-28)6-8-19-9-10-20(27)15-22(19)21/h4-5,9-11,14-17,24H,3,6-8,12-13,28H2,1-2H3,(H,30,32)/b14-4-,18-5+,21-11+/t24-/m1/s1. The SMILES string of the molecule is Cn1cncc1[C@H](NC(=O)OC1(C)CC1)/C1=C/C/C(=C/C/C=C\N)CCc2ccc(Cl)cc21. The number of alkyl carbamates (subject to hydrolysis) is 1. The Hall–Kier alpha value is -2.99. The highest BCUT2D eigenvalue weighted by atomic mass is 35.5. The van der Waals surface area contributed by atoms with E-state index in [9.17, 15) is 4.79 Å². The van der Waals surface area contributed by atoms with Crippen LogP contribution in [0, 0.1) is 0 Å². The summed E-state index contributed by atoms with van der Waals surface area (Å²) in [4.78, 5) is 17.2. The first kappa shape index (κ1) is 23.2. The summed E-state index contributed by atoms with van der Waals surface area (Å²) in [6, 6.07) is 5.58. The number of nitrogens with zero attached hydrogens (tertiary/aromatic N) is 2. The van der Waals surface area contributed by atoms with Gasteiger partial charge in [0.25, 0.3) is 0 Å². The van der Waals surface area contributed by atoms with Gasteiger partial charge in [-0.05, 0) is 80.5 Å². The highest BCUT2D eigenvalue weighted by Crippen LogP contribution is 2.40. The maximum Gasteiger partial charge on any atom is 0.408 e. The van der Waals surface area contributed by atoms with Crippen LogP contribution in [0.5, 0.6) is 0 Å². The fourth-order valence-electron chi connectivity index (χ4n) is 4.16. The van der Waals surface area contributed by atoms with E-state index in [4.69, 9.17) is 22.1 Å². The number of hydrogen-bond donors (Lipinski definition) is 2. The lowest BCUT2D eigenvalue weighted by Crippen LogP contribution is -2.34. The number of benzene rings is 1. The number of aromatic nitrogens is 2. The maximum atomic E-state index is 12.9. The van der Waals surface area contributed by atoms with Crippen LogP contribution in [-0.2, 0) is 18.2 Å². The van der Waals surface area contributed by atoms with E-state index in [0.29, 0.717) is 5.02 Å². The van der Waals surface area contributed by atoms with Crippen molar-refractivity contribution in [2.45, 2.75) is 57.1 Å². The van der Waals surface area contributed by atoms with Crippen molar-refractivity contribution in [3.8, 4) is 0 Å². The van der Waals surface area contributed by atoms with E-state index in [0.717, 1.165) is 55.4 Å². The first-order valence-electron chi connectivity index (χ1n) is 11.4. The number of imidazole rings is 1. The van der Waals surface area contributed by atoms with Gasteiger partial charge in [0, 0.05) is 12.1 Å². The van der Waals surface area contributed by atoms with Crippen LogP contribution in [-0.4, -0.2) is 21.2 Å². The van der Waals surface area contributed by atoms with Crippen molar-refractivity contribution in [3.63, 3.8) is 0 Å². The molecule has 1 aromatic carbocycles. The van der Waals surface area contributed by atoms with Gasteiger partial charge < -0.3 is 20.4 Å². The number of halogens is 1. The number of fused-ring (bicyclic) bond motifs is 1. The van der Waals surface area contributed by atoms with Gasteiger partial charge in [0.15, 0.2) is 0 Å². The molecule has 1 aromatic heterocycles. The van der Waals surface area contributed by atoms with E-state index in [1.165, 1.54) is 11.1 Å². The fourth-order valence-corrected chi connectivity index (χ4v) is 4.33. The Bertz CT molecular complexity index is 1110. The third-order valence-electron chi connectivity index (χ3n) is 6.38. The molecule has 0 unspecified atom stereocenters. The van der Waals surface area contributed by atoms with Gasteiger partial charge in [-0.25, -0.2) is 9.78 Å². The zero-order valence-electron chi connectivity index (χ0n) is 19.2. The summed E-state index contributed by atoms with van der Waals surface area (Å²) >= 11 is 6.42. The van der Waals surface area contributed by atoms with Crippen LogP contribution >= 0.6 is 11.6 Å². The van der Waals surface area contributed by atoms with E-state index < -0.39 is 12.1 Å². The highest BCUT2D eigenvalue weighted by molar-refractivity contribution is 6.30. The number of amides is 1. The number of carbonyl (C=O) groups is 1. The number of allylic oxidation sites excluding steroid dienone is 4. The number of nitrogens with two attached hydrogens (primary N) is 1. The van der Waals surface area contributed by atoms with Crippen molar-refractivity contribution in [2.75, 3.05) is 0 Å². The van der Waals surface area contributed by atoms with Crippen molar-refractivity contribution >= 4 is 23.3 Å². The van der Waals surface area contributed by atoms with Crippen molar-refractivity contribution < 1.29 is 9.53 Å². The van der Waals surface area contributed by atoms with Crippen molar-refractivity contribution in [1.29, 1.82) is 0 Å². The molecule has 7 heteroatoms. The second kappa shape index (κ2) is 9.87. The van der Waals surface area contributed by atoms with Gasteiger partial charge in [-0.1, -0.05) is 41.5 Å². The van der Waals surface area contributed by atoms with Crippen LogP contribution in [0.15, 0.2) is 60.7 Å². The quantitative estimate of drug-likeness (QED) is 0.542. The lowest BCUT2D eigenvalue weighted by molar-refractivity contribution is 0.0917. The summed E-state index contributed by atoms with van der Waals surface area (Å²) in [6.07, 6.45) is 16.3. The van der Waals surface area contributed by atoms with Gasteiger partial charge in [-0.3, -0.25) is 0 Å². The van der Waals surface area contributed by atoms with E-state index in [-0.39, 0.29) is 5.60 Å². The average Bonchev–Trinajstić information content (AvgIpc) is 3.33. The molecule has 0 radical (unpaired) electrons. The van der Waals surface area contributed by atoms with Crippen LogP contribution in [0.4, 0.5) is 4.79 Å². The Labute approximate surface area is 200 Å². The van der Waals surface area contributed by atoms with Crippen LogP contribution in [0.2, 0.25) is 5.02 Å². The molecule has 6 nitrogen and oxygen atoms in total. The lowest BCUT2D eigenvalue weighted by Gasteiger charge is -2.27. The molecule has 1 saturated carbocycles. The minimum Gasteiger partial charge on any atom is -0.443 e. The molecule has 3 N–H and O–H groups in total. The third-order valence-corrected chi connectivity index (χ3v) is 6.61. The first-order valence-corrected chi connectivity index (χ1v) is 11.8. The Morgan fingerprint density at radius 3 is 2.91 bits per heavy atom. The van der Waals surface area contributed by atoms with Crippen LogP contribution < -0.4 is 11.1 Å². The Morgan fingerprint density at radius 1 is 1.39 bits per heavy atom. The molecule has 1 heterocycles. The summed E-state index contributed by atoms with van der Waals surface area (Å²) in [5, 5.41) is 3.79. The molecule has 0 spiro atoms. The number of carbonyl (C=O) groups excluding carboxylic acids is 1. The van der Waals surface area contributed by atoms with Gasteiger partial charge in [0.1, 0.15) is 5.60 Å². The molecule has 0 aliphatic heterocycles. The molecule has 2 aliphatic carbocycles. The van der Waals surface area contributed by atoms with E-state index in [1.807, 2.05) is 36.7 Å². The fraction of sp³-hybridized carbons (Fsp3) is 0.385. The molecule has 0 saturated heterocycles. The first-order chi connectivity index (χ1) is 15.9. The van der Waals surface area contributed by atoms with Gasteiger partial charge in [-0.15, -0.1) is 0 Å². The predicted octanol–water partition coefficient (Wildman–Crippen LogP) is 5.60. The summed E-state index contributed by atoms with van der Waals surface area (Å²) < 4.78 is 7.63. The highest BCUT2D eigenvalue weighted by Gasteiger charge is 2.42. The predicted molar refractivity (Wildman–Crippen MR) is 132 cm³/mol. The molecular formula is C26H31ClN4O2. The number of ether oxygens (including phenoxy) is 1. The normalized spacial score (nSPS) is 20.9. The second-order valence-corrected chi connectivity index (χ2v) is 9.47. The smallest absolute Gasteiger partial charge is 0.408 e. The topological polar surface area (TPSA) is 82.2 Å². The minimum absolute atomic E-state index is 0.357. The van der Waals surface area contributed by atoms with E-state index in [2.05, 4.69) is 28.5 Å². The average molecular weight is 467 g/mol. The summed E-state index contributed by atoms with van der Waals surface area (Å²) in [6.45, 7) is 1.96. The zero-order chi connectivity index (χ0) is 23.4. The van der Waals surface area contributed by atoms with Gasteiger partial charge >= 0.3 is 6.09 Å². The molecule has 2 aliphatic rings. The Morgan fingerprint density at radius 2 is 2.21 bits per heavy atom. The van der Waals surface area contributed by atoms with Crippen molar-refractivity contribution in [3.05, 3.63) is 82.6 Å². The molecule has 0 bridgehead atoms. The summed E-state index contributed by atoms with van der Waals surface area (Å²) in [5.41, 5.74) is 10.6. The lowest BCUT2D eigenvalue weighted by atomic mass is 9.86. The maximum absolute atomic E-state index is 12.9. The third kappa shape index (κ3) is 5.69.